The second-order valence-electron chi connectivity index (χ2n) is 3.14. The van der Waals surface area contributed by atoms with E-state index >= 15 is 0 Å². The molecule has 0 atom stereocenters. The first-order valence-electron chi connectivity index (χ1n) is 4.31. The molecule has 2 rings (SSSR count). The van der Waals surface area contributed by atoms with Crippen LogP contribution >= 0.6 is 0 Å². The molecule has 0 unspecified atom stereocenters. The summed E-state index contributed by atoms with van der Waals surface area (Å²) >= 11 is 0. The number of ether oxygens (including phenoxy) is 1. The lowest BCUT2D eigenvalue weighted by atomic mass is 10.3. The van der Waals surface area contributed by atoms with E-state index < -0.39 is 5.95 Å². The number of pyridine rings is 1. The molecular formula is C9H11FN2O. The molecule has 0 amide bonds. The highest BCUT2D eigenvalue weighted by Crippen LogP contribution is 2.27. The highest BCUT2D eigenvalue weighted by molar-refractivity contribution is 5.24. The summed E-state index contributed by atoms with van der Waals surface area (Å²) in [6, 6.07) is 2.97. The average molecular weight is 182 g/mol. The Balaban J connectivity index is 2.17. The minimum Gasteiger partial charge on any atom is -0.490 e. The summed E-state index contributed by atoms with van der Waals surface area (Å²) in [4.78, 5) is 3.61. The maximum atomic E-state index is 12.8. The highest BCUT2D eigenvalue weighted by atomic mass is 19.1. The molecule has 1 aromatic heterocycles. The van der Waals surface area contributed by atoms with Gasteiger partial charge in [-0.25, -0.2) is 4.98 Å². The number of hydrogen-bond donors (Lipinski definition) is 1. The van der Waals surface area contributed by atoms with Gasteiger partial charge in [0.25, 0.3) is 0 Å². The largest absolute Gasteiger partial charge is 0.490 e. The van der Waals surface area contributed by atoms with Crippen LogP contribution in [0.3, 0.4) is 0 Å². The van der Waals surface area contributed by atoms with Crippen LogP contribution in [-0.2, 0) is 6.54 Å². The third-order valence-corrected chi connectivity index (χ3v) is 1.86. The zero-order valence-corrected chi connectivity index (χ0v) is 7.16. The summed E-state index contributed by atoms with van der Waals surface area (Å²) in [6.45, 7) is 0.235. The maximum Gasteiger partial charge on any atom is 0.216 e. The Bertz CT molecular complexity index is 312. The van der Waals surface area contributed by atoms with E-state index in [0.717, 1.165) is 12.8 Å². The summed E-state index contributed by atoms with van der Waals surface area (Å²) in [5.74, 6) is 0.00838. The summed E-state index contributed by atoms with van der Waals surface area (Å²) in [6.07, 6.45) is 2.39. The Kier molecular flexibility index (Phi) is 2.14. The highest BCUT2D eigenvalue weighted by Gasteiger charge is 2.23. The molecule has 3 nitrogen and oxygen atoms in total. The normalized spacial score (nSPS) is 15.8. The van der Waals surface area contributed by atoms with Gasteiger partial charge in [-0.2, -0.15) is 4.39 Å². The van der Waals surface area contributed by atoms with Crippen molar-refractivity contribution in [1.82, 2.24) is 4.98 Å². The van der Waals surface area contributed by atoms with Crippen molar-refractivity contribution in [2.45, 2.75) is 25.5 Å². The van der Waals surface area contributed by atoms with Gasteiger partial charge in [0.05, 0.1) is 11.8 Å². The fourth-order valence-electron chi connectivity index (χ4n) is 1.08. The molecule has 1 saturated carbocycles. The molecule has 1 aliphatic rings. The molecule has 0 radical (unpaired) electrons. The minimum atomic E-state index is -0.529. The van der Waals surface area contributed by atoms with E-state index in [0.29, 0.717) is 11.4 Å². The smallest absolute Gasteiger partial charge is 0.216 e. The summed E-state index contributed by atoms with van der Waals surface area (Å²) in [5.41, 5.74) is 5.87. The van der Waals surface area contributed by atoms with Crippen molar-refractivity contribution in [3.05, 3.63) is 23.8 Å². The Morgan fingerprint density at radius 2 is 2.31 bits per heavy atom. The number of halogens is 1. The minimum absolute atomic E-state index is 0.235. The third-order valence-electron chi connectivity index (χ3n) is 1.86. The number of aromatic nitrogens is 1. The molecule has 1 aliphatic carbocycles. The molecule has 0 spiro atoms. The zero-order valence-electron chi connectivity index (χ0n) is 7.16. The molecule has 0 aliphatic heterocycles. The van der Waals surface area contributed by atoms with Gasteiger partial charge < -0.3 is 10.5 Å². The van der Waals surface area contributed by atoms with Crippen molar-refractivity contribution in [1.29, 1.82) is 0 Å². The lowest BCUT2D eigenvalue weighted by Crippen LogP contribution is -2.03. The van der Waals surface area contributed by atoms with Gasteiger partial charge in [0.1, 0.15) is 5.75 Å². The molecule has 0 aromatic carbocycles. The van der Waals surface area contributed by atoms with Crippen LogP contribution in [0.15, 0.2) is 12.1 Å². The molecule has 4 heteroatoms. The molecule has 0 saturated heterocycles. The Morgan fingerprint density at radius 3 is 2.92 bits per heavy atom. The lowest BCUT2D eigenvalue weighted by Gasteiger charge is -2.05. The van der Waals surface area contributed by atoms with Crippen LogP contribution in [-0.4, -0.2) is 11.1 Å². The first-order valence-corrected chi connectivity index (χ1v) is 4.31. The van der Waals surface area contributed by atoms with Gasteiger partial charge in [0, 0.05) is 18.7 Å². The van der Waals surface area contributed by atoms with Crippen molar-refractivity contribution in [2.24, 2.45) is 5.73 Å². The van der Waals surface area contributed by atoms with Gasteiger partial charge in [-0.15, -0.1) is 0 Å². The van der Waals surface area contributed by atoms with Gasteiger partial charge in [-0.05, 0) is 12.8 Å². The molecule has 13 heavy (non-hydrogen) atoms. The van der Waals surface area contributed by atoms with E-state index in [1.165, 1.54) is 6.07 Å². The van der Waals surface area contributed by atoms with Crippen LogP contribution in [0.4, 0.5) is 4.39 Å². The number of hydrogen-bond acceptors (Lipinski definition) is 3. The van der Waals surface area contributed by atoms with Crippen molar-refractivity contribution in [3.63, 3.8) is 0 Å². The van der Waals surface area contributed by atoms with Gasteiger partial charge in [-0.3, -0.25) is 0 Å². The monoisotopic (exact) mass is 182 g/mol. The predicted molar refractivity (Wildman–Crippen MR) is 45.7 cm³/mol. The molecule has 0 bridgehead atoms. The van der Waals surface area contributed by atoms with Crippen molar-refractivity contribution < 1.29 is 9.13 Å². The second-order valence-corrected chi connectivity index (χ2v) is 3.14. The SMILES string of the molecule is NCc1cc(OC2CC2)cc(F)n1. The quantitative estimate of drug-likeness (QED) is 0.715. The van der Waals surface area contributed by atoms with Crippen LogP contribution < -0.4 is 10.5 Å². The van der Waals surface area contributed by atoms with Gasteiger partial charge in [-0.1, -0.05) is 0 Å². The van der Waals surface area contributed by atoms with Crippen molar-refractivity contribution >= 4 is 0 Å². The van der Waals surface area contributed by atoms with Gasteiger partial charge >= 0.3 is 0 Å². The molecular weight excluding hydrogens is 171 g/mol. The van der Waals surface area contributed by atoms with Crippen LogP contribution in [0.2, 0.25) is 0 Å². The molecule has 1 fully saturated rings. The van der Waals surface area contributed by atoms with Crippen molar-refractivity contribution in [3.8, 4) is 5.75 Å². The molecule has 1 aromatic rings. The average Bonchev–Trinajstić information content (AvgIpc) is 2.87. The molecule has 1 heterocycles. The Hall–Kier alpha value is -1.16. The fraction of sp³-hybridized carbons (Fsp3) is 0.444. The summed E-state index contributed by atoms with van der Waals surface area (Å²) in [5, 5.41) is 0. The lowest BCUT2D eigenvalue weighted by molar-refractivity contribution is 0.300. The first-order chi connectivity index (χ1) is 6.28. The standard InChI is InChI=1S/C9H11FN2O/c10-9-4-8(13-7-1-2-7)3-6(5-11)12-9/h3-4,7H,1-2,5,11H2. The van der Waals surface area contributed by atoms with E-state index in [2.05, 4.69) is 4.98 Å². The number of nitrogens with zero attached hydrogens (tertiary/aromatic N) is 1. The first kappa shape index (κ1) is 8.44. The van der Waals surface area contributed by atoms with E-state index in [9.17, 15) is 4.39 Å². The Morgan fingerprint density at radius 1 is 1.54 bits per heavy atom. The van der Waals surface area contributed by atoms with E-state index in [1.54, 1.807) is 6.07 Å². The van der Waals surface area contributed by atoms with Crippen LogP contribution in [0.25, 0.3) is 0 Å². The topological polar surface area (TPSA) is 48.1 Å². The van der Waals surface area contributed by atoms with Gasteiger partial charge in [0.2, 0.25) is 5.95 Å². The Labute approximate surface area is 75.7 Å². The summed E-state index contributed by atoms with van der Waals surface area (Å²) in [7, 11) is 0. The third kappa shape index (κ3) is 2.15. The fourth-order valence-corrected chi connectivity index (χ4v) is 1.08. The predicted octanol–water partition coefficient (Wildman–Crippen LogP) is 1.22. The number of rotatable bonds is 3. The molecule has 70 valence electrons. The number of nitrogens with two attached hydrogens (primary N) is 1. The van der Waals surface area contributed by atoms with E-state index in [1.807, 2.05) is 0 Å². The van der Waals surface area contributed by atoms with E-state index in [-0.39, 0.29) is 12.6 Å². The second kappa shape index (κ2) is 3.30. The maximum absolute atomic E-state index is 12.8. The van der Waals surface area contributed by atoms with Crippen LogP contribution in [0.1, 0.15) is 18.5 Å². The zero-order chi connectivity index (χ0) is 9.26. The van der Waals surface area contributed by atoms with Gasteiger partial charge in [0.15, 0.2) is 0 Å². The van der Waals surface area contributed by atoms with E-state index in [4.69, 9.17) is 10.5 Å². The molecule has 2 N–H and O–H groups in total. The summed E-state index contributed by atoms with van der Waals surface area (Å²) < 4.78 is 18.3. The van der Waals surface area contributed by atoms with Crippen molar-refractivity contribution in [2.75, 3.05) is 0 Å². The van der Waals surface area contributed by atoms with Crippen LogP contribution in [0.5, 0.6) is 5.75 Å². The van der Waals surface area contributed by atoms with Crippen LogP contribution in [0, 0.1) is 5.95 Å².